The molecule has 0 aromatic rings. The summed E-state index contributed by atoms with van der Waals surface area (Å²) in [7, 11) is 0. The third-order valence-corrected chi connectivity index (χ3v) is 12.7. The average Bonchev–Trinajstić information content (AvgIpc) is 4.01. The van der Waals surface area contributed by atoms with E-state index in [1.807, 2.05) is 13.8 Å². The molecule has 406 valence electrons. The first-order chi connectivity index (χ1) is 33.8. The molecule has 0 unspecified atom stereocenters. The fraction of sp³-hybridized carbons (Fsp3) is 0.739. The molecule has 0 aromatic carbocycles. The molecule has 0 spiro atoms. The molecule has 14 N–H and O–H groups in total. The third kappa shape index (κ3) is 21.0. The Morgan fingerprint density at radius 1 is 0.597 bits per heavy atom. The number of nitrogens with zero attached hydrogens (tertiary/aromatic N) is 2. The predicted molar refractivity (Wildman–Crippen MR) is 264 cm³/mol. The van der Waals surface area contributed by atoms with Gasteiger partial charge in [0.05, 0.1) is 19.1 Å². The molecule has 2 saturated heterocycles. The minimum Gasteiger partial charge on any atom is -0.480 e. The van der Waals surface area contributed by atoms with E-state index >= 15 is 0 Å². The van der Waals surface area contributed by atoms with Crippen LogP contribution in [0.15, 0.2) is 0 Å². The number of hydrogen-bond acceptors (Lipinski definition) is 14. The minimum absolute atomic E-state index is 0.00618. The summed E-state index contributed by atoms with van der Waals surface area (Å²) in [6.07, 6.45) is 3.05. The molecule has 26 heteroatoms. The van der Waals surface area contributed by atoms with Crippen molar-refractivity contribution in [1.82, 2.24) is 47.0 Å². The second-order valence-corrected chi connectivity index (χ2v) is 20.4. The van der Waals surface area contributed by atoms with Crippen molar-refractivity contribution in [3.63, 3.8) is 0 Å². The van der Waals surface area contributed by atoms with Crippen LogP contribution in [0.5, 0.6) is 0 Å². The molecule has 2 aliphatic heterocycles. The number of nitrogens with one attached hydrogen (secondary N) is 7. The molecule has 0 aliphatic carbocycles. The summed E-state index contributed by atoms with van der Waals surface area (Å²) in [6.45, 7) is 9.78. The van der Waals surface area contributed by atoms with E-state index < -0.39 is 138 Å². The van der Waals surface area contributed by atoms with Crippen LogP contribution >= 0.6 is 11.8 Å². The van der Waals surface area contributed by atoms with Crippen LogP contribution in [-0.4, -0.2) is 172 Å². The quantitative estimate of drug-likeness (QED) is 0.0331. The number of carbonyl (C=O) groups is 12. The topological polar surface area (TPSA) is 394 Å². The maximum Gasteiger partial charge on any atom is 0.326 e. The Morgan fingerprint density at radius 2 is 1.10 bits per heavy atom. The van der Waals surface area contributed by atoms with Gasteiger partial charge in [-0.3, -0.25) is 52.7 Å². The van der Waals surface area contributed by atoms with Crippen molar-refractivity contribution in [2.75, 3.05) is 38.2 Å². The van der Waals surface area contributed by atoms with Crippen LogP contribution < -0.4 is 54.4 Å². The SMILES string of the molecule is CSCC[C@H](NC(=O)[C@H](CC(C)C)NC(=O)[C@@H]1CCCN1C(=O)[C@@H]1CCCN1C(=O)CNC(=O)[C@@H](N)CCC(N)=O)C(=O)NCC(=O)N[C@@H](CC(C)C)C(=O)N[C@@H](CCC(N)=O)C(=O)N[C@H](C(=O)O)C(C)C. The lowest BCUT2D eigenvalue weighted by molar-refractivity contribution is -0.147. The van der Waals surface area contributed by atoms with E-state index in [-0.39, 0.29) is 76.3 Å². The maximum atomic E-state index is 14.0. The number of primary amides is 2. The van der Waals surface area contributed by atoms with E-state index in [0.29, 0.717) is 25.0 Å². The summed E-state index contributed by atoms with van der Waals surface area (Å²) in [5.41, 5.74) is 16.2. The lowest BCUT2D eigenvalue weighted by Gasteiger charge is -2.32. The number of amides is 11. The monoisotopic (exact) mass is 1040 g/mol. The van der Waals surface area contributed by atoms with E-state index in [0.717, 1.165) is 0 Å². The summed E-state index contributed by atoms with van der Waals surface area (Å²) in [6, 6.07) is -9.16. The third-order valence-electron chi connectivity index (χ3n) is 12.1. The summed E-state index contributed by atoms with van der Waals surface area (Å²) in [5.74, 6) is -9.23. The molecule has 2 fully saturated rings. The normalized spacial score (nSPS) is 18.0. The van der Waals surface area contributed by atoms with Crippen molar-refractivity contribution < 1.29 is 62.6 Å². The van der Waals surface area contributed by atoms with Crippen molar-refractivity contribution in [2.45, 2.75) is 161 Å². The number of likely N-dealkylation sites (tertiary alicyclic amines) is 2. The molecule has 72 heavy (non-hydrogen) atoms. The van der Waals surface area contributed by atoms with Crippen LogP contribution in [0.25, 0.3) is 0 Å². The Labute approximate surface area is 424 Å². The Hall–Kier alpha value is -6.05. The molecule has 2 rings (SSSR count). The lowest BCUT2D eigenvalue weighted by atomic mass is 10.0. The fourth-order valence-corrected chi connectivity index (χ4v) is 8.69. The van der Waals surface area contributed by atoms with Gasteiger partial charge in [-0.25, -0.2) is 4.79 Å². The average molecular weight is 1040 g/mol. The van der Waals surface area contributed by atoms with Gasteiger partial charge >= 0.3 is 5.97 Å². The van der Waals surface area contributed by atoms with Gasteiger partial charge in [-0.2, -0.15) is 11.8 Å². The maximum absolute atomic E-state index is 14.0. The first kappa shape index (κ1) is 62.1. The zero-order chi connectivity index (χ0) is 54.4. The summed E-state index contributed by atoms with van der Waals surface area (Å²) in [4.78, 5) is 159. The number of hydrogen-bond donors (Lipinski definition) is 11. The van der Waals surface area contributed by atoms with Crippen molar-refractivity contribution in [1.29, 1.82) is 0 Å². The molecule has 8 atom stereocenters. The molecule has 0 saturated carbocycles. The number of thioether (sulfide) groups is 1. The molecule has 0 bridgehead atoms. The van der Waals surface area contributed by atoms with Crippen molar-refractivity contribution in [3.8, 4) is 0 Å². The van der Waals surface area contributed by atoms with Gasteiger partial charge in [-0.05, 0) is 87.5 Å². The van der Waals surface area contributed by atoms with Crippen LogP contribution in [-0.2, 0) is 57.5 Å². The highest BCUT2D eigenvalue weighted by atomic mass is 32.2. The number of carboxylic acid groups (broad SMARTS) is 1. The van der Waals surface area contributed by atoms with Gasteiger partial charge < -0.3 is 69.3 Å². The van der Waals surface area contributed by atoms with Gasteiger partial charge in [-0.1, -0.05) is 41.5 Å². The molecular formula is C46H78N12O13S. The van der Waals surface area contributed by atoms with E-state index in [1.165, 1.54) is 21.6 Å². The first-order valence-electron chi connectivity index (χ1n) is 24.5. The van der Waals surface area contributed by atoms with Crippen molar-refractivity contribution in [3.05, 3.63) is 0 Å². The highest BCUT2D eigenvalue weighted by Crippen LogP contribution is 2.25. The van der Waals surface area contributed by atoms with Crippen LogP contribution in [0.2, 0.25) is 0 Å². The lowest BCUT2D eigenvalue weighted by Crippen LogP contribution is -2.59. The summed E-state index contributed by atoms with van der Waals surface area (Å²) < 4.78 is 0. The fourth-order valence-electron chi connectivity index (χ4n) is 8.22. The smallest absolute Gasteiger partial charge is 0.326 e. The number of carbonyl (C=O) groups excluding carboxylic acids is 11. The highest BCUT2D eigenvalue weighted by Gasteiger charge is 2.43. The van der Waals surface area contributed by atoms with Gasteiger partial charge in [0.25, 0.3) is 0 Å². The molecule has 0 aromatic heterocycles. The van der Waals surface area contributed by atoms with E-state index in [2.05, 4.69) is 37.2 Å². The van der Waals surface area contributed by atoms with Crippen LogP contribution in [0.4, 0.5) is 0 Å². The summed E-state index contributed by atoms with van der Waals surface area (Å²) >= 11 is 1.40. The molecule has 0 radical (unpaired) electrons. The molecule has 2 heterocycles. The molecule has 25 nitrogen and oxygen atoms in total. The number of nitrogens with two attached hydrogens (primary N) is 3. The Bertz CT molecular complexity index is 1960. The summed E-state index contributed by atoms with van der Waals surface area (Å²) in [5, 5.41) is 27.4. The molecule has 2 aliphatic rings. The van der Waals surface area contributed by atoms with E-state index in [4.69, 9.17) is 17.2 Å². The first-order valence-corrected chi connectivity index (χ1v) is 25.9. The van der Waals surface area contributed by atoms with E-state index in [1.54, 1.807) is 34.0 Å². The van der Waals surface area contributed by atoms with Crippen molar-refractivity contribution >= 4 is 82.7 Å². The highest BCUT2D eigenvalue weighted by molar-refractivity contribution is 7.98. The van der Waals surface area contributed by atoms with Gasteiger partial charge in [0.2, 0.25) is 65.0 Å². The number of carboxylic acids is 1. The molecular weight excluding hydrogens is 961 g/mol. The molecule has 11 amide bonds. The van der Waals surface area contributed by atoms with Gasteiger partial charge in [0.15, 0.2) is 0 Å². The van der Waals surface area contributed by atoms with Gasteiger partial charge in [-0.15, -0.1) is 0 Å². The zero-order valence-corrected chi connectivity index (χ0v) is 43.4. The van der Waals surface area contributed by atoms with Crippen LogP contribution in [0.1, 0.15) is 112 Å². The minimum atomic E-state index is -1.38. The van der Waals surface area contributed by atoms with Gasteiger partial charge in [0, 0.05) is 25.9 Å². The largest absolute Gasteiger partial charge is 0.480 e. The van der Waals surface area contributed by atoms with Gasteiger partial charge in [0.1, 0.15) is 42.3 Å². The van der Waals surface area contributed by atoms with Crippen molar-refractivity contribution in [2.24, 2.45) is 35.0 Å². The van der Waals surface area contributed by atoms with Crippen LogP contribution in [0, 0.1) is 17.8 Å². The standard InChI is InChI=1S/C46H78N12O13S/c1-24(2)20-30(42(66)53-28(13-15-35(49)60)41(65)56-38(26(5)6)46(70)71)52-36(61)22-50-40(64)29(16-19-72-7)54-43(67)31(21-25(3)4)55-44(68)32-10-8-18-58(32)45(69)33-11-9-17-57(33)37(62)23-51-39(63)27(47)12-14-34(48)59/h24-33,38H,8-23,47H2,1-7H3,(H2,48,59)(H2,49,60)(H,50,64)(H,51,63)(H,52,61)(H,53,66)(H,54,67)(H,55,68)(H,56,65)(H,70,71)/t27-,28-,29-,30-,31-,32-,33-,38-/m0/s1. The second kappa shape index (κ2) is 30.7. The second-order valence-electron chi connectivity index (χ2n) is 19.4. The number of aliphatic carboxylic acids is 1. The predicted octanol–water partition coefficient (Wildman–Crippen LogP) is -2.93. The Kier molecular flexibility index (Phi) is 26.5. The Balaban J connectivity index is 2.15. The Morgan fingerprint density at radius 3 is 1.62 bits per heavy atom. The van der Waals surface area contributed by atoms with Crippen LogP contribution in [0.3, 0.4) is 0 Å². The van der Waals surface area contributed by atoms with E-state index in [9.17, 15) is 62.6 Å². The number of rotatable bonds is 31. The zero-order valence-electron chi connectivity index (χ0n) is 42.5.